The number of rotatable bonds is 3. The van der Waals surface area contributed by atoms with Crippen LogP contribution in [-0.2, 0) is 0 Å². The molecule has 0 aliphatic rings. The third kappa shape index (κ3) is 3.50. The van der Waals surface area contributed by atoms with Gasteiger partial charge in [-0.05, 0) is 36.4 Å². The largest absolute Gasteiger partial charge is 0.457 e. The number of hydrogen-bond acceptors (Lipinski definition) is 3. The van der Waals surface area contributed by atoms with Gasteiger partial charge in [-0.3, -0.25) is 4.79 Å². The van der Waals surface area contributed by atoms with Crippen molar-refractivity contribution in [1.82, 2.24) is 0 Å². The van der Waals surface area contributed by atoms with Gasteiger partial charge < -0.3 is 10.5 Å². The summed E-state index contributed by atoms with van der Waals surface area (Å²) in [6.45, 7) is 0. The molecule has 0 unspecified atom stereocenters. The van der Waals surface area contributed by atoms with E-state index in [-0.39, 0.29) is 12.4 Å². The van der Waals surface area contributed by atoms with E-state index in [1.54, 1.807) is 48.5 Å². The molecule has 4 heteroatoms. The van der Waals surface area contributed by atoms with Gasteiger partial charge in [0.1, 0.15) is 17.8 Å². The Morgan fingerprint density at radius 3 is 2.35 bits per heavy atom. The van der Waals surface area contributed by atoms with Crippen LogP contribution in [-0.4, -0.2) is 6.29 Å². The number of hydrogen-bond donors (Lipinski definition) is 1. The minimum Gasteiger partial charge on any atom is -0.457 e. The molecule has 0 heterocycles. The lowest BCUT2D eigenvalue weighted by Gasteiger charge is -2.05. The van der Waals surface area contributed by atoms with Gasteiger partial charge in [0.05, 0.1) is 0 Å². The summed E-state index contributed by atoms with van der Waals surface area (Å²) >= 11 is 0. The first kappa shape index (κ1) is 13.1. The van der Waals surface area contributed by atoms with Crippen LogP contribution in [0.2, 0.25) is 0 Å². The molecule has 2 aromatic rings. The van der Waals surface area contributed by atoms with Gasteiger partial charge in [0.15, 0.2) is 0 Å². The zero-order valence-electron chi connectivity index (χ0n) is 9.00. The summed E-state index contributed by atoms with van der Waals surface area (Å²) in [5.74, 6) is 1.33. The van der Waals surface area contributed by atoms with Crippen molar-refractivity contribution in [2.24, 2.45) is 0 Å². The molecule has 2 rings (SSSR count). The highest BCUT2D eigenvalue weighted by molar-refractivity contribution is 5.85. The first-order valence-electron chi connectivity index (χ1n) is 4.86. The monoisotopic (exact) mass is 249 g/mol. The molecule has 88 valence electrons. The second-order valence-electron chi connectivity index (χ2n) is 3.36. The molecule has 2 aromatic carbocycles. The summed E-state index contributed by atoms with van der Waals surface area (Å²) in [5.41, 5.74) is 6.84. The predicted molar refractivity (Wildman–Crippen MR) is 70.0 cm³/mol. The third-order valence-electron chi connectivity index (χ3n) is 2.11. The Balaban J connectivity index is 0.00000144. The Morgan fingerprint density at radius 2 is 1.71 bits per heavy atom. The number of carbonyl (C=O) groups excluding carboxylic acids is 1. The molecule has 0 aliphatic carbocycles. The fourth-order valence-corrected chi connectivity index (χ4v) is 1.32. The van der Waals surface area contributed by atoms with Crippen LogP contribution in [0.3, 0.4) is 0 Å². The first-order chi connectivity index (χ1) is 7.78. The lowest BCUT2D eigenvalue weighted by molar-refractivity contribution is 0.112. The van der Waals surface area contributed by atoms with E-state index in [9.17, 15) is 4.79 Å². The maximum Gasteiger partial charge on any atom is 0.150 e. The lowest BCUT2D eigenvalue weighted by Crippen LogP contribution is -1.87. The van der Waals surface area contributed by atoms with Crippen LogP contribution in [0.25, 0.3) is 0 Å². The number of carbonyl (C=O) groups is 1. The fraction of sp³-hybridized carbons (Fsp3) is 0. The molecular formula is C13H12ClNO2. The lowest BCUT2D eigenvalue weighted by atomic mass is 10.2. The van der Waals surface area contributed by atoms with Crippen LogP contribution in [0.15, 0.2) is 48.5 Å². The summed E-state index contributed by atoms with van der Waals surface area (Å²) < 4.78 is 5.56. The summed E-state index contributed by atoms with van der Waals surface area (Å²) in [6, 6.07) is 14.1. The smallest absolute Gasteiger partial charge is 0.150 e. The number of benzene rings is 2. The summed E-state index contributed by atoms with van der Waals surface area (Å²) in [6.07, 6.45) is 0.788. The van der Waals surface area contributed by atoms with E-state index >= 15 is 0 Å². The quantitative estimate of drug-likeness (QED) is 0.671. The van der Waals surface area contributed by atoms with Gasteiger partial charge in [-0.2, -0.15) is 0 Å². The molecule has 0 aromatic heterocycles. The maximum atomic E-state index is 10.6. The normalized spacial score (nSPS) is 9.18. The van der Waals surface area contributed by atoms with Crippen LogP contribution in [0.1, 0.15) is 10.4 Å². The van der Waals surface area contributed by atoms with Crippen molar-refractivity contribution in [2.45, 2.75) is 0 Å². The van der Waals surface area contributed by atoms with Gasteiger partial charge in [0, 0.05) is 11.3 Å². The molecule has 0 bridgehead atoms. The van der Waals surface area contributed by atoms with E-state index < -0.39 is 0 Å². The molecule has 0 amide bonds. The van der Waals surface area contributed by atoms with Crippen molar-refractivity contribution in [3.05, 3.63) is 54.1 Å². The van der Waals surface area contributed by atoms with Gasteiger partial charge in [-0.25, -0.2) is 0 Å². The van der Waals surface area contributed by atoms with Crippen molar-refractivity contribution in [2.75, 3.05) is 5.73 Å². The van der Waals surface area contributed by atoms with Crippen LogP contribution >= 0.6 is 12.4 Å². The van der Waals surface area contributed by atoms with E-state index in [0.717, 1.165) is 6.29 Å². The standard InChI is InChI=1S/C13H11NO2.ClH/c14-11-4-6-12(7-5-11)16-13-3-1-2-10(8-13)9-15;/h1-9H,14H2;1H. The molecule has 0 atom stereocenters. The number of anilines is 1. The van der Waals surface area contributed by atoms with Crippen LogP contribution in [0.5, 0.6) is 11.5 Å². The Hall–Kier alpha value is -2.00. The molecule has 0 spiro atoms. The van der Waals surface area contributed by atoms with Crippen LogP contribution in [0.4, 0.5) is 5.69 Å². The molecule has 0 radical (unpaired) electrons. The van der Waals surface area contributed by atoms with Crippen molar-refractivity contribution >= 4 is 24.4 Å². The fourth-order valence-electron chi connectivity index (χ4n) is 1.32. The highest BCUT2D eigenvalue weighted by Gasteiger charge is 1.98. The number of halogens is 1. The molecule has 0 saturated heterocycles. The number of ether oxygens (including phenoxy) is 1. The molecule has 0 fully saturated rings. The van der Waals surface area contributed by atoms with Crippen molar-refractivity contribution in [3.8, 4) is 11.5 Å². The van der Waals surface area contributed by atoms with Crippen molar-refractivity contribution < 1.29 is 9.53 Å². The van der Waals surface area contributed by atoms with E-state index in [1.807, 2.05) is 0 Å². The summed E-state index contributed by atoms with van der Waals surface area (Å²) in [7, 11) is 0. The molecule has 17 heavy (non-hydrogen) atoms. The zero-order chi connectivity index (χ0) is 11.4. The molecule has 2 N–H and O–H groups in total. The van der Waals surface area contributed by atoms with Crippen molar-refractivity contribution in [3.63, 3.8) is 0 Å². The maximum absolute atomic E-state index is 10.6. The SMILES string of the molecule is Cl.Nc1ccc(Oc2cccc(C=O)c2)cc1. The topological polar surface area (TPSA) is 52.3 Å². The molecule has 0 aliphatic heterocycles. The highest BCUT2D eigenvalue weighted by Crippen LogP contribution is 2.22. The summed E-state index contributed by atoms with van der Waals surface area (Å²) in [4.78, 5) is 10.6. The van der Waals surface area contributed by atoms with Gasteiger partial charge in [-0.1, -0.05) is 12.1 Å². The minimum absolute atomic E-state index is 0. The molecule has 3 nitrogen and oxygen atoms in total. The van der Waals surface area contributed by atoms with E-state index in [0.29, 0.717) is 22.7 Å². The third-order valence-corrected chi connectivity index (χ3v) is 2.11. The minimum atomic E-state index is 0. The van der Waals surface area contributed by atoms with Gasteiger partial charge in [0.2, 0.25) is 0 Å². The second kappa shape index (κ2) is 5.92. The Bertz CT molecular complexity index is 497. The van der Waals surface area contributed by atoms with E-state index in [2.05, 4.69) is 0 Å². The van der Waals surface area contributed by atoms with Gasteiger partial charge >= 0.3 is 0 Å². The van der Waals surface area contributed by atoms with E-state index in [4.69, 9.17) is 10.5 Å². The van der Waals surface area contributed by atoms with Crippen LogP contribution in [0, 0.1) is 0 Å². The van der Waals surface area contributed by atoms with E-state index in [1.165, 1.54) is 0 Å². The number of aldehydes is 1. The second-order valence-corrected chi connectivity index (χ2v) is 3.36. The average Bonchev–Trinajstić information content (AvgIpc) is 2.32. The highest BCUT2D eigenvalue weighted by atomic mass is 35.5. The number of nitrogens with two attached hydrogens (primary N) is 1. The van der Waals surface area contributed by atoms with Crippen molar-refractivity contribution in [1.29, 1.82) is 0 Å². The zero-order valence-corrected chi connectivity index (χ0v) is 9.81. The number of nitrogen functional groups attached to an aromatic ring is 1. The first-order valence-corrected chi connectivity index (χ1v) is 4.86. The van der Waals surface area contributed by atoms with Gasteiger partial charge in [-0.15, -0.1) is 12.4 Å². The predicted octanol–water partition coefficient (Wildman–Crippen LogP) is 3.30. The Labute approximate surface area is 106 Å². The molecule has 0 saturated carbocycles. The Morgan fingerprint density at radius 1 is 1.00 bits per heavy atom. The van der Waals surface area contributed by atoms with Gasteiger partial charge in [0.25, 0.3) is 0 Å². The Kier molecular flexibility index (Phi) is 4.55. The average molecular weight is 250 g/mol. The van der Waals surface area contributed by atoms with Crippen LogP contribution < -0.4 is 10.5 Å². The summed E-state index contributed by atoms with van der Waals surface area (Å²) in [5, 5.41) is 0. The molecular weight excluding hydrogens is 238 g/mol.